The molecule has 0 unspecified atom stereocenters. The van der Waals surface area contributed by atoms with Crippen LogP contribution in [0.5, 0.6) is 5.75 Å². The molecule has 0 radical (unpaired) electrons. The number of pyridine rings is 1. The molecule has 0 atom stereocenters. The minimum absolute atomic E-state index is 0.0237. The Hall–Kier alpha value is -1.44. The number of hydrogen-bond donors (Lipinski definition) is 0. The average molecular weight is 397 g/mol. The van der Waals surface area contributed by atoms with Crippen molar-refractivity contribution in [3.05, 3.63) is 53.3 Å². The molecule has 1 aliphatic heterocycles. The summed E-state index contributed by atoms with van der Waals surface area (Å²) in [5.41, 5.74) is 0. The van der Waals surface area contributed by atoms with Crippen LogP contribution in [0.25, 0.3) is 0 Å². The summed E-state index contributed by atoms with van der Waals surface area (Å²) in [7, 11) is -3.43. The summed E-state index contributed by atoms with van der Waals surface area (Å²) in [5, 5.41) is 0. The van der Waals surface area contributed by atoms with E-state index in [0.717, 1.165) is 10.2 Å². The highest BCUT2D eigenvalue weighted by Gasteiger charge is 2.30. The second-order valence-corrected chi connectivity index (χ2v) is 8.22. The normalized spacial score (nSPS) is 17.1. The standard InChI is InChI=1S/C16H17BrN2O3S/c17-13-3-5-16(6-4-13)23(20,21)19-10-7-14(8-11-19)22-15-2-1-9-18-12-15/h1-6,9,12,14H,7-8,10-11H2. The molecule has 1 aliphatic rings. The number of aromatic nitrogens is 1. The first kappa shape index (κ1) is 16.4. The van der Waals surface area contributed by atoms with Gasteiger partial charge in [-0.3, -0.25) is 4.98 Å². The number of ether oxygens (including phenoxy) is 1. The molecule has 0 aliphatic carbocycles. The highest BCUT2D eigenvalue weighted by Crippen LogP contribution is 2.24. The topological polar surface area (TPSA) is 59.5 Å². The van der Waals surface area contributed by atoms with E-state index in [0.29, 0.717) is 30.8 Å². The lowest BCUT2D eigenvalue weighted by Crippen LogP contribution is -2.41. The Labute approximate surface area is 144 Å². The molecule has 2 heterocycles. The summed E-state index contributed by atoms with van der Waals surface area (Å²) in [5.74, 6) is 0.724. The zero-order valence-electron chi connectivity index (χ0n) is 12.4. The smallest absolute Gasteiger partial charge is 0.243 e. The zero-order valence-corrected chi connectivity index (χ0v) is 14.8. The molecular weight excluding hydrogens is 380 g/mol. The van der Waals surface area contributed by atoms with Crippen LogP contribution in [0.2, 0.25) is 0 Å². The Bertz CT molecular complexity index is 743. The lowest BCUT2D eigenvalue weighted by Gasteiger charge is -2.31. The van der Waals surface area contributed by atoms with Crippen molar-refractivity contribution in [3.63, 3.8) is 0 Å². The Balaban J connectivity index is 1.63. The number of nitrogens with zero attached hydrogens (tertiary/aromatic N) is 2. The van der Waals surface area contributed by atoms with Gasteiger partial charge in [0, 0.05) is 23.8 Å². The summed E-state index contributed by atoms with van der Waals surface area (Å²) < 4.78 is 33.5. The summed E-state index contributed by atoms with van der Waals surface area (Å²) in [6, 6.07) is 10.4. The number of halogens is 1. The van der Waals surface area contributed by atoms with Gasteiger partial charge in [0.15, 0.2) is 0 Å². The number of sulfonamides is 1. The third kappa shape index (κ3) is 3.91. The molecule has 0 spiro atoms. The van der Waals surface area contributed by atoms with Crippen molar-refractivity contribution in [1.29, 1.82) is 0 Å². The van der Waals surface area contributed by atoms with Crippen LogP contribution >= 0.6 is 15.9 Å². The maximum Gasteiger partial charge on any atom is 0.243 e. The molecule has 0 bridgehead atoms. The fraction of sp³-hybridized carbons (Fsp3) is 0.312. The van der Waals surface area contributed by atoms with Gasteiger partial charge in [-0.2, -0.15) is 4.31 Å². The second kappa shape index (κ2) is 6.98. The second-order valence-electron chi connectivity index (χ2n) is 5.36. The van der Waals surface area contributed by atoms with E-state index in [1.165, 1.54) is 4.31 Å². The molecule has 1 aromatic heterocycles. The van der Waals surface area contributed by atoms with Gasteiger partial charge in [0.25, 0.3) is 0 Å². The molecular formula is C16H17BrN2O3S. The monoisotopic (exact) mass is 396 g/mol. The molecule has 23 heavy (non-hydrogen) atoms. The Morgan fingerprint density at radius 1 is 1.13 bits per heavy atom. The van der Waals surface area contributed by atoms with Gasteiger partial charge in [-0.25, -0.2) is 8.42 Å². The van der Waals surface area contributed by atoms with Gasteiger partial charge in [-0.15, -0.1) is 0 Å². The van der Waals surface area contributed by atoms with Crippen LogP contribution < -0.4 is 4.74 Å². The summed E-state index contributed by atoms with van der Waals surface area (Å²) >= 11 is 3.32. The predicted molar refractivity (Wildman–Crippen MR) is 90.8 cm³/mol. The molecule has 7 heteroatoms. The molecule has 2 aromatic rings. The number of rotatable bonds is 4. The van der Waals surface area contributed by atoms with Gasteiger partial charge in [0.2, 0.25) is 10.0 Å². The molecule has 1 fully saturated rings. The zero-order chi connectivity index (χ0) is 16.3. The van der Waals surface area contributed by atoms with Crippen molar-refractivity contribution in [2.45, 2.75) is 23.8 Å². The summed E-state index contributed by atoms with van der Waals surface area (Å²) in [4.78, 5) is 4.34. The highest BCUT2D eigenvalue weighted by molar-refractivity contribution is 9.10. The van der Waals surface area contributed by atoms with Crippen molar-refractivity contribution in [1.82, 2.24) is 9.29 Å². The summed E-state index contributed by atoms with van der Waals surface area (Å²) in [6.45, 7) is 0.923. The van der Waals surface area contributed by atoms with E-state index >= 15 is 0 Å². The van der Waals surface area contributed by atoms with Gasteiger partial charge in [0.05, 0.1) is 11.1 Å². The number of benzene rings is 1. The third-order valence-electron chi connectivity index (χ3n) is 3.79. The Morgan fingerprint density at radius 2 is 1.83 bits per heavy atom. The van der Waals surface area contributed by atoms with E-state index in [1.807, 2.05) is 12.1 Å². The van der Waals surface area contributed by atoms with E-state index in [2.05, 4.69) is 20.9 Å². The lowest BCUT2D eigenvalue weighted by atomic mass is 10.1. The largest absolute Gasteiger partial charge is 0.489 e. The maximum absolute atomic E-state index is 12.6. The third-order valence-corrected chi connectivity index (χ3v) is 6.23. The quantitative estimate of drug-likeness (QED) is 0.796. The fourth-order valence-electron chi connectivity index (χ4n) is 2.56. The van der Waals surface area contributed by atoms with Crippen LogP contribution in [0.1, 0.15) is 12.8 Å². The fourth-order valence-corrected chi connectivity index (χ4v) is 4.29. The molecule has 1 saturated heterocycles. The van der Waals surface area contributed by atoms with Crippen LogP contribution in [0.15, 0.2) is 58.2 Å². The molecule has 5 nitrogen and oxygen atoms in total. The van der Waals surface area contributed by atoms with Crippen LogP contribution in [-0.4, -0.2) is 36.9 Å². The van der Waals surface area contributed by atoms with Crippen molar-refractivity contribution < 1.29 is 13.2 Å². The minimum Gasteiger partial charge on any atom is -0.489 e. The minimum atomic E-state index is -3.43. The number of hydrogen-bond acceptors (Lipinski definition) is 4. The van der Waals surface area contributed by atoms with Gasteiger partial charge >= 0.3 is 0 Å². The van der Waals surface area contributed by atoms with E-state index < -0.39 is 10.0 Å². The Kier molecular flexibility index (Phi) is 4.99. The van der Waals surface area contributed by atoms with E-state index in [-0.39, 0.29) is 6.10 Å². The molecule has 3 rings (SSSR count). The van der Waals surface area contributed by atoms with Gasteiger partial charge < -0.3 is 4.74 Å². The van der Waals surface area contributed by atoms with E-state index in [9.17, 15) is 8.42 Å². The van der Waals surface area contributed by atoms with Gasteiger partial charge in [0.1, 0.15) is 11.9 Å². The SMILES string of the molecule is O=S(=O)(c1ccc(Br)cc1)N1CCC(Oc2cccnc2)CC1. The van der Waals surface area contributed by atoms with Crippen LogP contribution in [0.4, 0.5) is 0 Å². The highest BCUT2D eigenvalue weighted by atomic mass is 79.9. The average Bonchev–Trinajstić information content (AvgIpc) is 2.57. The van der Waals surface area contributed by atoms with E-state index in [1.54, 1.807) is 36.7 Å². The van der Waals surface area contributed by atoms with Crippen LogP contribution in [0, 0.1) is 0 Å². The first-order valence-corrected chi connectivity index (χ1v) is 9.61. The maximum atomic E-state index is 12.6. The van der Waals surface area contributed by atoms with Crippen LogP contribution in [0.3, 0.4) is 0 Å². The van der Waals surface area contributed by atoms with Crippen molar-refractivity contribution in [2.24, 2.45) is 0 Å². The summed E-state index contributed by atoms with van der Waals surface area (Å²) in [6.07, 6.45) is 4.73. The Morgan fingerprint density at radius 3 is 2.43 bits per heavy atom. The predicted octanol–water partition coefficient (Wildman–Crippen LogP) is 3.08. The van der Waals surface area contributed by atoms with Crippen molar-refractivity contribution in [3.8, 4) is 5.75 Å². The van der Waals surface area contributed by atoms with Gasteiger partial charge in [-0.05, 0) is 49.2 Å². The molecule has 0 N–H and O–H groups in total. The lowest BCUT2D eigenvalue weighted by molar-refractivity contribution is 0.134. The van der Waals surface area contributed by atoms with Crippen molar-refractivity contribution >= 4 is 26.0 Å². The molecule has 0 amide bonds. The first-order valence-electron chi connectivity index (χ1n) is 7.38. The number of piperidine rings is 1. The van der Waals surface area contributed by atoms with E-state index in [4.69, 9.17) is 4.74 Å². The van der Waals surface area contributed by atoms with Crippen LogP contribution in [-0.2, 0) is 10.0 Å². The molecule has 1 aromatic carbocycles. The van der Waals surface area contributed by atoms with Gasteiger partial charge in [-0.1, -0.05) is 15.9 Å². The van der Waals surface area contributed by atoms with Crippen molar-refractivity contribution in [2.75, 3.05) is 13.1 Å². The first-order chi connectivity index (χ1) is 11.1. The molecule has 0 saturated carbocycles. The molecule has 122 valence electrons.